The van der Waals surface area contributed by atoms with Gasteiger partial charge in [0.1, 0.15) is 10.6 Å². The lowest BCUT2D eigenvalue weighted by molar-refractivity contribution is 0.0916. The number of carbonyl (C=O) groups excluding carboxylic acids is 1. The van der Waals surface area contributed by atoms with Crippen LogP contribution < -0.4 is 15.8 Å². The molecular formula is C15H20N2O2S. The second-order valence-corrected chi connectivity index (χ2v) is 6.45. The van der Waals surface area contributed by atoms with Crippen LogP contribution >= 0.6 is 11.3 Å². The molecule has 0 atom stereocenters. The summed E-state index contributed by atoms with van der Waals surface area (Å²) in [5, 5.41) is 3.91. The number of anilines is 1. The summed E-state index contributed by atoms with van der Waals surface area (Å²) in [5.74, 6) is 0.647. The highest BCUT2D eigenvalue weighted by Gasteiger charge is 2.22. The van der Waals surface area contributed by atoms with Crippen LogP contribution in [-0.2, 0) is 0 Å². The molecule has 0 aliphatic carbocycles. The van der Waals surface area contributed by atoms with Gasteiger partial charge in [0.2, 0.25) is 0 Å². The summed E-state index contributed by atoms with van der Waals surface area (Å²) >= 11 is 1.40. The molecular weight excluding hydrogens is 272 g/mol. The van der Waals surface area contributed by atoms with Gasteiger partial charge in [-0.15, -0.1) is 11.3 Å². The minimum Gasteiger partial charge on any atom is -0.497 e. The number of fused-ring (bicyclic) bond motifs is 1. The number of carbonyl (C=O) groups is 1. The average Bonchev–Trinajstić information content (AvgIpc) is 2.75. The maximum absolute atomic E-state index is 12.4. The van der Waals surface area contributed by atoms with E-state index < -0.39 is 0 Å². The lowest BCUT2D eigenvalue weighted by Gasteiger charge is -2.24. The van der Waals surface area contributed by atoms with Gasteiger partial charge in [-0.05, 0) is 38.5 Å². The molecule has 5 heteroatoms. The van der Waals surface area contributed by atoms with Crippen molar-refractivity contribution < 1.29 is 9.53 Å². The second-order valence-electron chi connectivity index (χ2n) is 5.40. The number of methoxy groups -OCH3 is 1. The van der Waals surface area contributed by atoms with Crippen molar-refractivity contribution in [1.82, 2.24) is 5.32 Å². The number of ether oxygens (including phenoxy) is 1. The zero-order valence-electron chi connectivity index (χ0n) is 12.2. The Kier molecular flexibility index (Phi) is 3.90. The van der Waals surface area contributed by atoms with Gasteiger partial charge in [0.25, 0.3) is 5.91 Å². The van der Waals surface area contributed by atoms with Crippen molar-refractivity contribution >= 4 is 33.0 Å². The molecule has 1 aromatic heterocycles. The van der Waals surface area contributed by atoms with E-state index in [0.717, 1.165) is 22.3 Å². The Morgan fingerprint density at radius 1 is 1.45 bits per heavy atom. The molecule has 0 aliphatic rings. The summed E-state index contributed by atoms with van der Waals surface area (Å²) in [6.45, 7) is 6.04. The van der Waals surface area contributed by atoms with E-state index >= 15 is 0 Å². The number of benzene rings is 1. The molecule has 0 aliphatic heterocycles. The van der Waals surface area contributed by atoms with E-state index in [9.17, 15) is 4.79 Å². The van der Waals surface area contributed by atoms with E-state index in [-0.39, 0.29) is 11.4 Å². The highest BCUT2D eigenvalue weighted by Crippen LogP contribution is 2.36. The number of nitrogens with two attached hydrogens (primary N) is 1. The van der Waals surface area contributed by atoms with Gasteiger partial charge in [0.05, 0.1) is 12.8 Å². The van der Waals surface area contributed by atoms with Crippen molar-refractivity contribution in [2.45, 2.75) is 32.7 Å². The van der Waals surface area contributed by atoms with Gasteiger partial charge >= 0.3 is 0 Å². The van der Waals surface area contributed by atoms with E-state index in [1.165, 1.54) is 11.3 Å². The van der Waals surface area contributed by atoms with Gasteiger partial charge in [0.15, 0.2) is 0 Å². The molecule has 2 rings (SSSR count). The van der Waals surface area contributed by atoms with E-state index in [1.54, 1.807) is 7.11 Å². The van der Waals surface area contributed by atoms with Crippen LogP contribution in [-0.4, -0.2) is 18.6 Å². The highest BCUT2D eigenvalue weighted by molar-refractivity contribution is 7.21. The molecule has 0 bridgehead atoms. The van der Waals surface area contributed by atoms with Crippen LogP contribution in [0, 0.1) is 0 Å². The zero-order chi connectivity index (χ0) is 14.9. The average molecular weight is 292 g/mol. The first kappa shape index (κ1) is 14.7. The fraction of sp³-hybridized carbons (Fsp3) is 0.400. The van der Waals surface area contributed by atoms with E-state index in [4.69, 9.17) is 10.5 Å². The van der Waals surface area contributed by atoms with Crippen LogP contribution in [0.3, 0.4) is 0 Å². The lowest BCUT2D eigenvalue weighted by Crippen LogP contribution is -2.42. The topological polar surface area (TPSA) is 64.3 Å². The first-order chi connectivity index (χ1) is 9.38. The monoisotopic (exact) mass is 292 g/mol. The molecule has 0 spiro atoms. The fourth-order valence-corrected chi connectivity index (χ4v) is 2.89. The summed E-state index contributed by atoms with van der Waals surface area (Å²) in [7, 11) is 1.62. The molecule has 20 heavy (non-hydrogen) atoms. The van der Waals surface area contributed by atoms with Gasteiger partial charge in [-0.25, -0.2) is 0 Å². The van der Waals surface area contributed by atoms with Crippen LogP contribution in [0.15, 0.2) is 18.2 Å². The fourth-order valence-electron chi connectivity index (χ4n) is 1.84. The first-order valence-electron chi connectivity index (χ1n) is 6.56. The first-order valence-corrected chi connectivity index (χ1v) is 7.38. The summed E-state index contributed by atoms with van der Waals surface area (Å²) in [5.41, 5.74) is 6.40. The molecule has 0 saturated carbocycles. The quantitative estimate of drug-likeness (QED) is 0.907. The molecule has 0 saturated heterocycles. The Bertz CT molecular complexity index is 647. The van der Waals surface area contributed by atoms with E-state index in [1.807, 2.05) is 39.0 Å². The van der Waals surface area contributed by atoms with Crippen molar-refractivity contribution in [2.75, 3.05) is 12.8 Å². The molecule has 2 aromatic rings. The van der Waals surface area contributed by atoms with Gasteiger partial charge < -0.3 is 15.8 Å². The van der Waals surface area contributed by atoms with Crippen molar-refractivity contribution in [3.8, 4) is 5.75 Å². The van der Waals surface area contributed by atoms with Crippen LogP contribution in [0.1, 0.15) is 36.9 Å². The summed E-state index contributed by atoms with van der Waals surface area (Å²) < 4.78 is 6.15. The van der Waals surface area contributed by atoms with Crippen LogP contribution in [0.4, 0.5) is 5.69 Å². The Morgan fingerprint density at radius 2 is 2.15 bits per heavy atom. The second kappa shape index (κ2) is 5.32. The molecule has 1 aromatic carbocycles. The van der Waals surface area contributed by atoms with Gasteiger partial charge in [-0.3, -0.25) is 4.79 Å². The summed E-state index contributed by atoms with van der Waals surface area (Å²) in [6.07, 6.45) is 0.858. The smallest absolute Gasteiger partial charge is 0.263 e. The summed E-state index contributed by atoms with van der Waals surface area (Å²) in [6, 6.07) is 5.64. The lowest BCUT2D eigenvalue weighted by atomic mass is 10.0. The Balaban J connectivity index is 2.40. The molecule has 1 amide bonds. The number of thiophene rings is 1. The van der Waals surface area contributed by atoms with Gasteiger partial charge in [0, 0.05) is 15.6 Å². The van der Waals surface area contributed by atoms with Crippen molar-refractivity contribution in [1.29, 1.82) is 0 Å². The van der Waals surface area contributed by atoms with E-state index in [0.29, 0.717) is 10.6 Å². The Hall–Kier alpha value is -1.75. The highest BCUT2D eigenvalue weighted by atomic mass is 32.1. The van der Waals surface area contributed by atoms with Crippen LogP contribution in [0.2, 0.25) is 0 Å². The Morgan fingerprint density at radius 3 is 2.75 bits per heavy atom. The van der Waals surface area contributed by atoms with Crippen molar-refractivity contribution in [3.05, 3.63) is 23.1 Å². The predicted molar refractivity (Wildman–Crippen MR) is 84.6 cm³/mol. The maximum atomic E-state index is 12.4. The largest absolute Gasteiger partial charge is 0.497 e. The third-order valence-electron chi connectivity index (χ3n) is 3.48. The van der Waals surface area contributed by atoms with Gasteiger partial charge in [-0.2, -0.15) is 0 Å². The number of amides is 1. The maximum Gasteiger partial charge on any atom is 0.263 e. The SMILES string of the molecule is CCC(C)(C)NC(=O)c1sc2cc(OC)ccc2c1N. The van der Waals surface area contributed by atoms with E-state index in [2.05, 4.69) is 5.32 Å². The Labute approximate surface area is 122 Å². The molecule has 108 valence electrons. The molecule has 0 unspecified atom stereocenters. The number of hydrogen-bond acceptors (Lipinski definition) is 4. The van der Waals surface area contributed by atoms with Crippen LogP contribution in [0.25, 0.3) is 10.1 Å². The number of nitrogens with one attached hydrogen (secondary N) is 1. The van der Waals surface area contributed by atoms with Crippen molar-refractivity contribution in [3.63, 3.8) is 0 Å². The molecule has 3 N–H and O–H groups in total. The standard InChI is InChI=1S/C15H20N2O2S/c1-5-15(2,3)17-14(18)13-12(16)10-7-6-9(19-4)8-11(10)20-13/h6-8H,5,16H2,1-4H3,(H,17,18). The number of rotatable bonds is 4. The molecule has 0 radical (unpaired) electrons. The van der Waals surface area contributed by atoms with Crippen molar-refractivity contribution in [2.24, 2.45) is 0 Å². The minimum atomic E-state index is -0.239. The number of nitrogen functional groups attached to an aromatic ring is 1. The summed E-state index contributed by atoms with van der Waals surface area (Å²) in [4.78, 5) is 12.9. The number of hydrogen-bond donors (Lipinski definition) is 2. The normalized spacial score (nSPS) is 11.6. The minimum absolute atomic E-state index is 0.116. The molecule has 4 nitrogen and oxygen atoms in total. The molecule has 0 fully saturated rings. The third-order valence-corrected chi connectivity index (χ3v) is 4.64. The third kappa shape index (κ3) is 2.72. The zero-order valence-corrected chi connectivity index (χ0v) is 13.1. The van der Waals surface area contributed by atoms with Crippen LogP contribution in [0.5, 0.6) is 5.75 Å². The van der Waals surface area contributed by atoms with Gasteiger partial charge in [-0.1, -0.05) is 6.92 Å². The predicted octanol–water partition coefficient (Wildman–Crippen LogP) is 3.41. The molecule has 1 heterocycles.